The van der Waals surface area contributed by atoms with E-state index in [1.807, 2.05) is 0 Å². The van der Waals surface area contributed by atoms with Crippen molar-refractivity contribution in [3.63, 3.8) is 0 Å². The number of hydrogen-bond donors (Lipinski definition) is 0. The Morgan fingerprint density at radius 1 is 0.303 bits per heavy atom. The molecule has 66 heavy (non-hydrogen) atoms. The van der Waals surface area contributed by atoms with Gasteiger partial charge in [0.1, 0.15) is 13.2 Å². The van der Waals surface area contributed by atoms with Crippen LogP contribution in [0.25, 0.3) is 0 Å². The van der Waals surface area contributed by atoms with Crippen LogP contribution in [0.4, 0.5) is 0 Å². The van der Waals surface area contributed by atoms with Crippen molar-refractivity contribution in [3.05, 3.63) is 72.9 Å². The van der Waals surface area contributed by atoms with Gasteiger partial charge in [0, 0.05) is 19.3 Å². The van der Waals surface area contributed by atoms with Gasteiger partial charge in [-0.25, -0.2) is 0 Å². The topological polar surface area (TPSA) is 78.9 Å². The molecule has 0 radical (unpaired) electrons. The highest BCUT2D eigenvalue weighted by molar-refractivity contribution is 5.71. The van der Waals surface area contributed by atoms with E-state index in [1.165, 1.54) is 135 Å². The Balaban J connectivity index is 4.46. The summed E-state index contributed by atoms with van der Waals surface area (Å²) in [6.07, 6.45) is 68.9. The molecule has 0 saturated heterocycles. The van der Waals surface area contributed by atoms with Gasteiger partial charge >= 0.3 is 17.9 Å². The summed E-state index contributed by atoms with van der Waals surface area (Å²) in [5.41, 5.74) is 0. The van der Waals surface area contributed by atoms with Crippen molar-refractivity contribution in [1.29, 1.82) is 0 Å². The Morgan fingerprint density at radius 2 is 0.576 bits per heavy atom. The van der Waals surface area contributed by atoms with E-state index < -0.39 is 6.10 Å². The molecule has 0 aromatic carbocycles. The molecule has 0 heterocycles. The van der Waals surface area contributed by atoms with Crippen LogP contribution >= 0.6 is 0 Å². The monoisotopic (exact) mass is 921 g/mol. The molecule has 380 valence electrons. The first kappa shape index (κ1) is 62.8. The summed E-state index contributed by atoms with van der Waals surface area (Å²) in [6, 6.07) is 0. The summed E-state index contributed by atoms with van der Waals surface area (Å²) >= 11 is 0. The first-order valence-corrected chi connectivity index (χ1v) is 27.9. The zero-order valence-corrected chi connectivity index (χ0v) is 43.4. The maximum atomic E-state index is 12.8. The van der Waals surface area contributed by atoms with Crippen molar-refractivity contribution in [3.8, 4) is 0 Å². The zero-order valence-electron chi connectivity index (χ0n) is 43.4. The van der Waals surface area contributed by atoms with Crippen molar-refractivity contribution in [2.75, 3.05) is 13.2 Å². The molecule has 0 aromatic rings. The molecule has 0 bridgehead atoms. The van der Waals surface area contributed by atoms with E-state index in [0.717, 1.165) is 89.9 Å². The molecule has 0 aliphatic carbocycles. The average Bonchev–Trinajstić information content (AvgIpc) is 3.31. The lowest BCUT2D eigenvalue weighted by atomic mass is 10.0. The van der Waals surface area contributed by atoms with E-state index in [2.05, 4.69) is 93.7 Å². The van der Waals surface area contributed by atoms with Crippen molar-refractivity contribution < 1.29 is 28.6 Å². The van der Waals surface area contributed by atoms with Crippen molar-refractivity contribution >= 4 is 17.9 Å². The molecular formula is C60H104O6. The minimum atomic E-state index is -0.801. The molecule has 0 rings (SSSR count). The van der Waals surface area contributed by atoms with Gasteiger partial charge in [0.05, 0.1) is 0 Å². The number of hydrogen-bond acceptors (Lipinski definition) is 6. The Hall–Kier alpha value is -3.15. The highest BCUT2D eigenvalue weighted by Crippen LogP contribution is 2.16. The van der Waals surface area contributed by atoms with Gasteiger partial charge in [-0.1, -0.05) is 241 Å². The molecule has 0 aromatic heterocycles. The van der Waals surface area contributed by atoms with Gasteiger partial charge in [-0.3, -0.25) is 14.4 Å². The van der Waals surface area contributed by atoms with Gasteiger partial charge < -0.3 is 14.2 Å². The number of unbranched alkanes of at least 4 members (excludes halogenated alkanes) is 27. The maximum absolute atomic E-state index is 12.8. The number of rotatable bonds is 50. The smallest absolute Gasteiger partial charge is 0.306 e. The summed E-state index contributed by atoms with van der Waals surface area (Å²) in [7, 11) is 0. The maximum Gasteiger partial charge on any atom is 0.306 e. The second kappa shape index (κ2) is 54.5. The van der Waals surface area contributed by atoms with Crippen LogP contribution in [0, 0.1) is 0 Å². The van der Waals surface area contributed by atoms with Crippen LogP contribution in [-0.2, 0) is 28.6 Å². The van der Waals surface area contributed by atoms with Gasteiger partial charge in [0.2, 0.25) is 0 Å². The van der Waals surface area contributed by atoms with Gasteiger partial charge in [-0.15, -0.1) is 0 Å². The fourth-order valence-corrected chi connectivity index (χ4v) is 7.69. The van der Waals surface area contributed by atoms with Gasteiger partial charge in [0.25, 0.3) is 0 Å². The number of carbonyl (C=O) groups is 3. The minimum absolute atomic E-state index is 0.0980. The first-order valence-electron chi connectivity index (χ1n) is 27.9. The summed E-state index contributed by atoms with van der Waals surface area (Å²) in [5.74, 6) is -0.961. The SMILES string of the molecule is CCCC/C=C/C/C=C/CCCCCCCC(=O)OC[C@H](COC(=O)CCC/C=C/C/C=C/C/C=C/C/C=C/CCCCC)OC(=O)CCCCCCCCCCCCCCCCCCC. The molecule has 0 fully saturated rings. The Labute approximate surface area is 408 Å². The Bertz CT molecular complexity index is 1240. The van der Waals surface area contributed by atoms with Crippen molar-refractivity contribution in [2.45, 2.75) is 277 Å². The Morgan fingerprint density at radius 3 is 0.985 bits per heavy atom. The highest BCUT2D eigenvalue weighted by Gasteiger charge is 2.19. The summed E-state index contributed by atoms with van der Waals surface area (Å²) in [4.78, 5) is 38.1. The van der Waals surface area contributed by atoms with Crippen LogP contribution in [0.15, 0.2) is 72.9 Å². The largest absolute Gasteiger partial charge is 0.462 e. The molecular weight excluding hydrogens is 817 g/mol. The molecule has 0 aliphatic rings. The highest BCUT2D eigenvalue weighted by atomic mass is 16.6. The zero-order chi connectivity index (χ0) is 47.9. The van der Waals surface area contributed by atoms with Crippen molar-refractivity contribution in [2.24, 2.45) is 0 Å². The van der Waals surface area contributed by atoms with Crippen LogP contribution in [0.3, 0.4) is 0 Å². The normalized spacial score (nSPS) is 12.6. The lowest BCUT2D eigenvalue weighted by Gasteiger charge is -2.18. The number of allylic oxidation sites excluding steroid dienone is 12. The fourth-order valence-electron chi connectivity index (χ4n) is 7.69. The standard InChI is InChI=1S/C60H104O6/c1-4-7-10-13-16-19-22-25-28-30-32-35-38-41-44-47-50-53-59(62)65-56-57(55-64-58(61)52-49-46-43-40-37-34-27-24-21-18-15-12-9-6-3)66-60(63)54-51-48-45-42-39-36-33-31-29-26-23-20-17-14-11-8-5-2/h15-16,18-19,24-25,27-28,32,35,41,44,57H,4-14,17,20-23,26,29-31,33-34,36-40,42-43,45-56H2,1-3H3/b18-15+,19-16+,27-24+,28-25+,35-32+,44-41+/t57-/m1/s1. The lowest BCUT2D eigenvalue weighted by molar-refractivity contribution is -0.167. The van der Waals surface area contributed by atoms with Gasteiger partial charge in [-0.05, 0) is 83.5 Å². The minimum Gasteiger partial charge on any atom is -0.462 e. The van der Waals surface area contributed by atoms with Gasteiger partial charge in [-0.2, -0.15) is 0 Å². The molecule has 1 atom stereocenters. The Kier molecular flexibility index (Phi) is 51.9. The second-order valence-corrected chi connectivity index (χ2v) is 18.5. The third kappa shape index (κ3) is 51.8. The molecule has 0 amide bonds. The molecule has 0 unspecified atom stereocenters. The predicted octanol–water partition coefficient (Wildman–Crippen LogP) is 18.6. The first-order chi connectivity index (χ1) is 32.5. The van der Waals surface area contributed by atoms with E-state index >= 15 is 0 Å². The van der Waals surface area contributed by atoms with Crippen LogP contribution in [-0.4, -0.2) is 37.2 Å². The molecule has 6 nitrogen and oxygen atoms in total. The number of esters is 3. The molecule has 0 aliphatic heterocycles. The van der Waals surface area contributed by atoms with Crippen molar-refractivity contribution in [1.82, 2.24) is 0 Å². The van der Waals surface area contributed by atoms with Crippen LogP contribution < -0.4 is 0 Å². The molecule has 0 N–H and O–H groups in total. The molecule has 0 saturated carbocycles. The van der Waals surface area contributed by atoms with E-state index in [0.29, 0.717) is 19.3 Å². The van der Waals surface area contributed by atoms with E-state index in [-0.39, 0.29) is 37.5 Å². The predicted molar refractivity (Wildman–Crippen MR) is 284 cm³/mol. The average molecular weight is 921 g/mol. The number of ether oxygens (including phenoxy) is 3. The third-order valence-electron chi connectivity index (χ3n) is 11.9. The van der Waals surface area contributed by atoms with Crippen LogP contribution in [0.5, 0.6) is 0 Å². The second-order valence-electron chi connectivity index (χ2n) is 18.5. The van der Waals surface area contributed by atoms with E-state index in [4.69, 9.17) is 14.2 Å². The summed E-state index contributed by atoms with van der Waals surface area (Å²) in [6.45, 7) is 6.53. The third-order valence-corrected chi connectivity index (χ3v) is 11.9. The van der Waals surface area contributed by atoms with Gasteiger partial charge in [0.15, 0.2) is 6.10 Å². The summed E-state index contributed by atoms with van der Waals surface area (Å²) < 4.78 is 16.8. The molecule has 0 spiro atoms. The van der Waals surface area contributed by atoms with Crippen LogP contribution in [0.2, 0.25) is 0 Å². The van der Waals surface area contributed by atoms with E-state index in [1.54, 1.807) is 0 Å². The fraction of sp³-hybridized carbons (Fsp3) is 0.750. The van der Waals surface area contributed by atoms with Crippen LogP contribution in [0.1, 0.15) is 271 Å². The molecule has 6 heteroatoms. The number of carbonyl (C=O) groups excluding carboxylic acids is 3. The van der Waals surface area contributed by atoms with E-state index in [9.17, 15) is 14.4 Å². The quantitative estimate of drug-likeness (QED) is 0.0262. The summed E-state index contributed by atoms with van der Waals surface area (Å²) in [5, 5.41) is 0. The lowest BCUT2D eigenvalue weighted by Crippen LogP contribution is -2.30.